The highest BCUT2D eigenvalue weighted by Gasteiger charge is 2.09. The Hall–Kier alpha value is -1.26. The third kappa shape index (κ3) is 4.69. The molecular formula is C16H19NOS2. The number of carbonyl (C=O) groups excluding carboxylic acids is 1. The second kappa shape index (κ2) is 7.50. The molecule has 2 nitrogen and oxygen atoms in total. The van der Waals surface area contributed by atoms with Gasteiger partial charge in [-0.25, -0.2) is 0 Å². The van der Waals surface area contributed by atoms with Crippen LogP contribution >= 0.6 is 23.1 Å². The van der Waals surface area contributed by atoms with Crippen LogP contribution in [0.15, 0.2) is 41.8 Å². The van der Waals surface area contributed by atoms with Gasteiger partial charge in [0.2, 0.25) is 5.91 Å². The van der Waals surface area contributed by atoms with Crippen molar-refractivity contribution in [3.05, 3.63) is 57.8 Å². The number of nitrogens with zero attached hydrogens (tertiary/aromatic N) is 1. The predicted molar refractivity (Wildman–Crippen MR) is 88.1 cm³/mol. The van der Waals surface area contributed by atoms with E-state index >= 15 is 0 Å². The quantitative estimate of drug-likeness (QED) is 0.805. The molecule has 2 rings (SSSR count). The molecule has 20 heavy (non-hydrogen) atoms. The van der Waals surface area contributed by atoms with Crippen molar-refractivity contribution in [2.45, 2.75) is 19.2 Å². The Morgan fingerprint density at radius 3 is 2.85 bits per heavy atom. The summed E-state index contributed by atoms with van der Waals surface area (Å²) in [7, 11) is 1.87. The molecule has 106 valence electrons. The number of amides is 1. The number of hydrogen-bond donors (Lipinski definition) is 0. The third-order valence-electron chi connectivity index (χ3n) is 2.98. The first-order valence-corrected chi connectivity index (χ1v) is 8.58. The minimum atomic E-state index is 0.191. The molecule has 0 N–H and O–H groups in total. The fourth-order valence-electron chi connectivity index (χ4n) is 1.89. The second-order valence-corrected chi connectivity index (χ2v) is 6.83. The smallest absolute Gasteiger partial charge is 0.232 e. The van der Waals surface area contributed by atoms with Crippen molar-refractivity contribution < 1.29 is 4.79 Å². The normalized spacial score (nSPS) is 10.5. The Morgan fingerprint density at radius 1 is 1.30 bits per heavy atom. The summed E-state index contributed by atoms with van der Waals surface area (Å²) in [6, 6.07) is 12.5. The Bertz CT molecular complexity index is 551. The van der Waals surface area contributed by atoms with Crippen LogP contribution < -0.4 is 0 Å². The van der Waals surface area contributed by atoms with E-state index in [0.717, 1.165) is 5.75 Å². The molecule has 0 saturated carbocycles. The van der Waals surface area contributed by atoms with Crippen molar-refractivity contribution in [2.24, 2.45) is 0 Å². The SMILES string of the molecule is Cc1cccc(CSCC(=O)N(C)Cc2cccs2)c1. The molecule has 4 heteroatoms. The van der Waals surface area contributed by atoms with E-state index < -0.39 is 0 Å². The number of carbonyl (C=O) groups is 1. The van der Waals surface area contributed by atoms with Gasteiger partial charge in [0, 0.05) is 17.7 Å². The van der Waals surface area contributed by atoms with Gasteiger partial charge in [0.05, 0.1) is 12.3 Å². The molecule has 2 aromatic rings. The summed E-state index contributed by atoms with van der Waals surface area (Å²) < 4.78 is 0. The Labute approximate surface area is 128 Å². The summed E-state index contributed by atoms with van der Waals surface area (Å²) in [6.07, 6.45) is 0. The molecule has 0 aliphatic heterocycles. The number of benzene rings is 1. The van der Waals surface area contributed by atoms with Gasteiger partial charge in [-0.3, -0.25) is 4.79 Å². The van der Waals surface area contributed by atoms with E-state index in [0.29, 0.717) is 12.3 Å². The van der Waals surface area contributed by atoms with Crippen LogP contribution in [-0.4, -0.2) is 23.6 Å². The topological polar surface area (TPSA) is 20.3 Å². The maximum Gasteiger partial charge on any atom is 0.232 e. The van der Waals surface area contributed by atoms with Gasteiger partial charge >= 0.3 is 0 Å². The van der Waals surface area contributed by atoms with E-state index in [-0.39, 0.29) is 5.91 Å². The lowest BCUT2D eigenvalue weighted by atomic mass is 10.2. The molecule has 0 aliphatic carbocycles. The van der Waals surface area contributed by atoms with Crippen molar-refractivity contribution in [1.29, 1.82) is 0 Å². The molecule has 0 radical (unpaired) electrons. The number of thiophene rings is 1. The molecular weight excluding hydrogens is 286 g/mol. The zero-order chi connectivity index (χ0) is 14.4. The van der Waals surface area contributed by atoms with Crippen molar-refractivity contribution in [2.75, 3.05) is 12.8 Å². The van der Waals surface area contributed by atoms with Crippen LogP contribution in [-0.2, 0) is 17.1 Å². The molecule has 0 fully saturated rings. The highest BCUT2D eigenvalue weighted by Crippen LogP contribution is 2.15. The van der Waals surface area contributed by atoms with Crippen molar-refractivity contribution >= 4 is 29.0 Å². The Balaban J connectivity index is 1.74. The number of hydrogen-bond acceptors (Lipinski definition) is 3. The minimum Gasteiger partial charge on any atom is -0.340 e. The van der Waals surface area contributed by atoms with Crippen LogP contribution in [0.3, 0.4) is 0 Å². The lowest BCUT2D eigenvalue weighted by molar-refractivity contribution is -0.127. The summed E-state index contributed by atoms with van der Waals surface area (Å²) in [5.41, 5.74) is 2.55. The largest absolute Gasteiger partial charge is 0.340 e. The summed E-state index contributed by atoms with van der Waals surface area (Å²) in [5.74, 6) is 1.62. The zero-order valence-electron chi connectivity index (χ0n) is 11.8. The average molecular weight is 305 g/mol. The van der Waals surface area contributed by atoms with E-state index in [9.17, 15) is 4.79 Å². The standard InChI is InChI=1S/C16H19NOS2/c1-13-5-3-6-14(9-13)11-19-12-16(18)17(2)10-15-7-4-8-20-15/h3-9H,10-12H2,1-2H3. The average Bonchev–Trinajstić information content (AvgIpc) is 2.91. The summed E-state index contributed by atoms with van der Waals surface area (Å²) in [5, 5.41) is 2.04. The first kappa shape index (κ1) is 15.1. The fourth-order valence-corrected chi connectivity index (χ4v) is 3.56. The van der Waals surface area contributed by atoms with Crippen molar-refractivity contribution in [3.8, 4) is 0 Å². The van der Waals surface area contributed by atoms with Gasteiger partial charge in [-0.05, 0) is 23.9 Å². The maximum atomic E-state index is 12.0. The van der Waals surface area contributed by atoms with Gasteiger partial charge in [-0.2, -0.15) is 0 Å². The number of aryl methyl sites for hydroxylation is 1. The first-order chi connectivity index (χ1) is 9.65. The number of rotatable bonds is 6. The molecule has 1 aromatic heterocycles. The van der Waals surface area contributed by atoms with E-state index in [4.69, 9.17) is 0 Å². The Kier molecular flexibility index (Phi) is 5.68. The Morgan fingerprint density at radius 2 is 2.15 bits per heavy atom. The molecule has 0 aliphatic rings. The van der Waals surface area contributed by atoms with Crippen LogP contribution in [0.5, 0.6) is 0 Å². The third-order valence-corrected chi connectivity index (χ3v) is 4.83. The molecule has 1 amide bonds. The van der Waals surface area contributed by atoms with Gasteiger partial charge in [0.1, 0.15) is 0 Å². The van der Waals surface area contributed by atoms with Gasteiger partial charge in [-0.15, -0.1) is 23.1 Å². The van der Waals surface area contributed by atoms with E-state index in [1.54, 1.807) is 28.0 Å². The van der Waals surface area contributed by atoms with Gasteiger partial charge in [0.25, 0.3) is 0 Å². The van der Waals surface area contributed by atoms with Crippen LogP contribution in [0.4, 0.5) is 0 Å². The molecule has 1 aromatic carbocycles. The summed E-state index contributed by atoms with van der Waals surface area (Å²) >= 11 is 3.37. The molecule has 0 saturated heterocycles. The first-order valence-electron chi connectivity index (χ1n) is 6.55. The fraction of sp³-hybridized carbons (Fsp3) is 0.312. The molecule has 0 spiro atoms. The van der Waals surface area contributed by atoms with Gasteiger partial charge in [0.15, 0.2) is 0 Å². The summed E-state index contributed by atoms with van der Waals surface area (Å²) in [4.78, 5) is 15.1. The second-order valence-electron chi connectivity index (χ2n) is 4.81. The highest BCUT2D eigenvalue weighted by atomic mass is 32.2. The lowest BCUT2D eigenvalue weighted by Crippen LogP contribution is -2.27. The van der Waals surface area contributed by atoms with Crippen LogP contribution in [0.1, 0.15) is 16.0 Å². The van der Waals surface area contributed by atoms with Gasteiger partial charge in [-0.1, -0.05) is 35.9 Å². The molecule has 0 bridgehead atoms. The molecule has 1 heterocycles. The minimum absolute atomic E-state index is 0.191. The van der Waals surface area contributed by atoms with Crippen LogP contribution in [0, 0.1) is 6.92 Å². The predicted octanol–water partition coefficient (Wildman–Crippen LogP) is 3.95. The number of thioether (sulfide) groups is 1. The van der Waals surface area contributed by atoms with Crippen molar-refractivity contribution in [3.63, 3.8) is 0 Å². The molecule has 0 unspecified atom stereocenters. The zero-order valence-corrected chi connectivity index (χ0v) is 13.5. The van der Waals surface area contributed by atoms with E-state index in [1.807, 2.05) is 18.5 Å². The van der Waals surface area contributed by atoms with Crippen molar-refractivity contribution in [1.82, 2.24) is 4.90 Å². The van der Waals surface area contributed by atoms with Gasteiger partial charge < -0.3 is 4.90 Å². The monoisotopic (exact) mass is 305 g/mol. The highest BCUT2D eigenvalue weighted by molar-refractivity contribution is 7.99. The van der Waals surface area contributed by atoms with Crippen LogP contribution in [0.2, 0.25) is 0 Å². The maximum absolute atomic E-state index is 12.0. The van der Waals surface area contributed by atoms with E-state index in [1.165, 1.54) is 16.0 Å². The summed E-state index contributed by atoms with van der Waals surface area (Å²) in [6.45, 7) is 2.80. The van der Waals surface area contributed by atoms with Crippen LogP contribution in [0.25, 0.3) is 0 Å². The molecule has 0 atom stereocenters. The van der Waals surface area contributed by atoms with E-state index in [2.05, 4.69) is 37.3 Å². The lowest BCUT2D eigenvalue weighted by Gasteiger charge is -2.16.